The van der Waals surface area contributed by atoms with E-state index in [-0.39, 0.29) is 6.61 Å². The summed E-state index contributed by atoms with van der Waals surface area (Å²) >= 11 is 1.27. The third-order valence-corrected chi connectivity index (χ3v) is 6.12. The maximum atomic E-state index is 12.0. The van der Waals surface area contributed by atoms with Gasteiger partial charge in [0.15, 0.2) is 0 Å². The molecule has 90 valence electrons. The monoisotopic (exact) mass is 261 g/mol. The lowest BCUT2D eigenvalue weighted by atomic mass is 10.3. The summed E-state index contributed by atoms with van der Waals surface area (Å²) in [5, 5.41) is 9.10. The zero-order valence-corrected chi connectivity index (χ0v) is 10.9. The van der Waals surface area contributed by atoms with E-state index in [1.807, 2.05) is 13.8 Å². The molecule has 1 aliphatic carbocycles. The summed E-state index contributed by atoms with van der Waals surface area (Å²) in [6, 6.07) is 1.68. The lowest BCUT2D eigenvalue weighted by Gasteiger charge is -2.13. The fourth-order valence-corrected chi connectivity index (χ4v) is 4.42. The Kier molecular flexibility index (Phi) is 2.86. The van der Waals surface area contributed by atoms with Crippen LogP contribution in [-0.4, -0.2) is 25.7 Å². The van der Waals surface area contributed by atoms with Gasteiger partial charge in [-0.3, -0.25) is 0 Å². The van der Waals surface area contributed by atoms with E-state index < -0.39 is 15.6 Å². The smallest absolute Gasteiger partial charge is 0.250 e. The van der Waals surface area contributed by atoms with Crippen LogP contribution in [0.25, 0.3) is 0 Å². The van der Waals surface area contributed by atoms with Crippen molar-refractivity contribution in [1.29, 1.82) is 0 Å². The van der Waals surface area contributed by atoms with E-state index in [2.05, 4.69) is 4.72 Å². The average Bonchev–Trinajstić information content (AvgIpc) is 2.88. The van der Waals surface area contributed by atoms with Crippen LogP contribution < -0.4 is 4.72 Å². The Morgan fingerprint density at radius 3 is 2.50 bits per heavy atom. The molecule has 0 spiro atoms. The van der Waals surface area contributed by atoms with Gasteiger partial charge in [0, 0.05) is 4.88 Å². The van der Waals surface area contributed by atoms with Crippen molar-refractivity contribution in [3.8, 4) is 0 Å². The standard InChI is InChI=1S/C10H15NO3S2/c1-7-5-9(15-8(7)2)16(13,14)11-10(6-12)3-4-10/h5,11-12H,3-4,6H2,1-2H3. The van der Waals surface area contributed by atoms with Crippen molar-refractivity contribution >= 4 is 21.4 Å². The number of hydrogen-bond donors (Lipinski definition) is 2. The molecule has 0 amide bonds. The lowest BCUT2D eigenvalue weighted by Crippen LogP contribution is -2.39. The van der Waals surface area contributed by atoms with Crippen molar-refractivity contribution in [2.45, 2.75) is 36.4 Å². The van der Waals surface area contributed by atoms with Gasteiger partial charge in [0.1, 0.15) is 4.21 Å². The van der Waals surface area contributed by atoms with Crippen LogP contribution in [0.1, 0.15) is 23.3 Å². The van der Waals surface area contributed by atoms with E-state index >= 15 is 0 Å². The van der Waals surface area contributed by atoms with Gasteiger partial charge in [0.05, 0.1) is 12.1 Å². The van der Waals surface area contributed by atoms with Crippen LogP contribution >= 0.6 is 11.3 Å². The first kappa shape index (κ1) is 12.0. The van der Waals surface area contributed by atoms with E-state index in [1.54, 1.807) is 6.07 Å². The molecule has 1 fully saturated rings. The van der Waals surface area contributed by atoms with E-state index in [0.717, 1.165) is 10.4 Å². The zero-order chi connectivity index (χ0) is 12.0. The van der Waals surface area contributed by atoms with Crippen LogP contribution in [0.15, 0.2) is 10.3 Å². The Hall–Kier alpha value is -0.430. The van der Waals surface area contributed by atoms with Gasteiger partial charge in [0.2, 0.25) is 0 Å². The summed E-state index contributed by atoms with van der Waals surface area (Å²) in [4.78, 5) is 1.01. The third kappa shape index (κ3) is 2.15. The van der Waals surface area contributed by atoms with Gasteiger partial charge in [-0.2, -0.15) is 0 Å². The maximum absolute atomic E-state index is 12.0. The second-order valence-electron chi connectivity index (χ2n) is 4.35. The number of aryl methyl sites for hydroxylation is 2. The van der Waals surface area contributed by atoms with Crippen molar-refractivity contribution in [3.63, 3.8) is 0 Å². The molecule has 0 radical (unpaired) electrons. The molecular formula is C10H15NO3S2. The van der Waals surface area contributed by atoms with Gasteiger partial charge in [0.25, 0.3) is 10.0 Å². The molecule has 1 aliphatic rings. The number of sulfonamides is 1. The maximum Gasteiger partial charge on any atom is 0.250 e. The molecule has 1 aromatic rings. The Bertz CT molecular complexity index is 481. The van der Waals surface area contributed by atoms with Crippen molar-refractivity contribution in [1.82, 2.24) is 4.72 Å². The molecule has 0 aliphatic heterocycles. The largest absolute Gasteiger partial charge is 0.394 e. The van der Waals surface area contributed by atoms with Gasteiger partial charge in [-0.15, -0.1) is 11.3 Å². The molecule has 0 aromatic carbocycles. The number of hydrogen-bond acceptors (Lipinski definition) is 4. The molecule has 0 bridgehead atoms. The number of thiophene rings is 1. The fraction of sp³-hybridized carbons (Fsp3) is 0.600. The van der Waals surface area contributed by atoms with Gasteiger partial charge < -0.3 is 5.11 Å². The van der Waals surface area contributed by atoms with Gasteiger partial charge >= 0.3 is 0 Å². The average molecular weight is 261 g/mol. The van der Waals surface area contributed by atoms with Crippen molar-refractivity contribution in [3.05, 3.63) is 16.5 Å². The molecular weight excluding hydrogens is 246 g/mol. The highest BCUT2D eigenvalue weighted by molar-refractivity contribution is 7.91. The molecule has 4 nitrogen and oxygen atoms in total. The van der Waals surface area contributed by atoms with Crippen LogP contribution in [0.3, 0.4) is 0 Å². The van der Waals surface area contributed by atoms with Crippen molar-refractivity contribution in [2.75, 3.05) is 6.61 Å². The third-order valence-electron chi connectivity index (χ3n) is 2.92. The van der Waals surface area contributed by atoms with Gasteiger partial charge in [-0.25, -0.2) is 13.1 Å². The summed E-state index contributed by atoms with van der Waals surface area (Å²) in [7, 11) is -3.46. The Labute approximate surface area is 99.4 Å². The quantitative estimate of drug-likeness (QED) is 0.855. The number of aliphatic hydroxyl groups is 1. The van der Waals surface area contributed by atoms with Crippen LogP contribution in [0, 0.1) is 13.8 Å². The van der Waals surface area contributed by atoms with Crippen molar-refractivity contribution < 1.29 is 13.5 Å². The van der Waals surface area contributed by atoms with Crippen LogP contribution in [0.2, 0.25) is 0 Å². The highest BCUT2D eigenvalue weighted by Crippen LogP contribution is 2.37. The molecule has 1 saturated carbocycles. The second kappa shape index (κ2) is 3.80. The second-order valence-corrected chi connectivity index (χ2v) is 7.51. The highest BCUT2D eigenvalue weighted by atomic mass is 32.2. The van der Waals surface area contributed by atoms with Gasteiger partial charge in [-0.1, -0.05) is 0 Å². The lowest BCUT2D eigenvalue weighted by molar-refractivity contribution is 0.246. The minimum Gasteiger partial charge on any atom is -0.394 e. The summed E-state index contributed by atoms with van der Waals surface area (Å²) in [5.74, 6) is 0. The van der Waals surface area contributed by atoms with Crippen LogP contribution in [0.4, 0.5) is 0 Å². The van der Waals surface area contributed by atoms with E-state index in [0.29, 0.717) is 17.1 Å². The van der Waals surface area contributed by atoms with Gasteiger partial charge in [-0.05, 0) is 38.3 Å². The molecule has 0 saturated heterocycles. The van der Waals surface area contributed by atoms with Crippen molar-refractivity contribution in [2.24, 2.45) is 0 Å². The number of nitrogens with one attached hydrogen (secondary N) is 1. The molecule has 1 aromatic heterocycles. The molecule has 6 heteroatoms. The normalized spacial score (nSPS) is 18.7. The van der Waals surface area contributed by atoms with E-state index in [1.165, 1.54) is 11.3 Å². The minimum atomic E-state index is -3.46. The number of rotatable bonds is 4. The first-order valence-corrected chi connectivity index (χ1v) is 7.40. The molecule has 1 heterocycles. The fourth-order valence-electron chi connectivity index (χ4n) is 1.45. The van der Waals surface area contributed by atoms with Crippen LogP contribution in [0.5, 0.6) is 0 Å². The van der Waals surface area contributed by atoms with Crippen LogP contribution in [-0.2, 0) is 10.0 Å². The minimum absolute atomic E-state index is 0.129. The Morgan fingerprint density at radius 2 is 2.12 bits per heavy atom. The highest BCUT2D eigenvalue weighted by Gasteiger charge is 2.45. The Balaban J connectivity index is 2.26. The summed E-state index contributed by atoms with van der Waals surface area (Å²) in [6.45, 7) is 3.66. The summed E-state index contributed by atoms with van der Waals surface area (Å²) in [5.41, 5.74) is 0.393. The SMILES string of the molecule is Cc1cc(S(=O)(=O)NC2(CO)CC2)sc1C. The predicted octanol–water partition coefficient (Wildman–Crippen LogP) is 1.17. The molecule has 2 N–H and O–H groups in total. The van der Waals surface area contributed by atoms with E-state index in [4.69, 9.17) is 5.11 Å². The molecule has 16 heavy (non-hydrogen) atoms. The first-order valence-electron chi connectivity index (χ1n) is 5.10. The zero-order valence-electron chi connectivity index (χ0n) is 9.28. The topological polar surface area (TPSA) is 66.4 Å². The Morgan fingerprint density at radius 1 is 1.50 bits per heavy atom. The molecule has 0 atom stereocenters. The summed E-state index contributed by atoms with van der Waals surface area (Å²) in [6.07, 6.45) is 1.43. The summed E-state index contributed by atoms with van der Waals surface area (Å²) < 4.78 is 26.9. The van der Waals surface area contributed by atoms with E-state index in [9.17, 15) is 8.42 Å². The molecule has 0 unspecified atom stereocenters. The first-order chi connectivity index (χ1) is 7.38. The number of aliphatic hydroxyl groups excluding tert-OH is 1. The molecule has 2 rings (SSSR count). The predicted molar refractivity (Wildman–Crippen MR) is 63.2 cm³/mol.